The van der Waals surface area contributed by atoms with Crippen molar-refractivity contribution in [3.8, 4) is 5.75 Å². The number of carbonyl (C=O) groups is 1. The van der Waals surface area contributed by atoms with Gasteiger partial charge < -0.3 is 26.6 Å². The zero-order valence-corrected chi connectivity index (χ0v) is 14.3. The number of carbonyl (C=O) groups excluding carboxylic acids is 1. The SMILES string of the molecule is COc1ccc(/C=C/C(=O)OC(C)CN2CCOCC2)cc1.[Cl-]. The Morgan fingerprint density at radius 3 is 2.57 bits per heavy atom. The molecule has 0 saturated carbocycles. The van der Waals surface area contributed by atoms with E-state index in [2.05, 4.69) is 4.90 Å². The van der Waals surface area contributed by atoms with Gasteiger partial charge in [0.15, 0.2) is 0 Å². The van der Waals surface area contributed by atoms with Crippen molar-refractivity contribution in [1.82, 2.24) is 4.90 Å². The molecule has 2 rings (SSSR count). The van der Waals surface area contributed by atoms with Crippen molar-refractivity contribution in [3.63, 3.8) is 0 Å². The standard InChI is InChI=1S/C17H23NO4.ClH/c1-14(13-18-9-11-21-12-10-18)22-17(19)8-5-15-3-6-16(20-2)7-4-15;/h3-8,14H,9-13H2,1-2H3;1H/p-1/b8-5+;. The highest BCUT2D eigenvalue weighted by Gasteiger charge is 2.15. The van der Waals surface area contributed by atoms with Crippen LogP contribution in [0.3, 0.4) is 0 Å². The van der Waals surface area contributed by atoms with Crippen LogP contribution in [0.2, 0.25) is 0 Å². The van der Waals surface area contributed by atoms with Crippen molar-refractivity contribution in [2.45, 2.75) is 13.0 Å². The largest absolute Gasteiger partial charge is 1.00 e. The van der Waals surface area contributed by atoms with Crippen molar-refractivity contribution in [2.75, 3.05) is 40.0 Å². The quantitative estimate of drug-likeness (QED) is 0.490. The lowest BCUT2D eigenvalue weighted by Gasteiger charge is -2.28. The molecule has 128 valence electrons. The third-order valence-corrected chi connectivity index (χ3v) is 3.46. The molecule has 0 amide bonds. The molecular formula is C17H23ClNO4-. The topological polar surface area (TPSA) is 48.0 Å². The number of morpholine rings is 1. The summed E-state index contributed by atoms with van der Waals surface area (Å²) < 4.78 is 15.8. The first-order valence-corrected chi connectivity index (χ1v) is 7.50. The molecule has 6 heteroatoms. The molecule has 1 fully saturated rings. The minimum absolute atomic E-state index is 0. The van der Waals surface area contributed by atoms with Crippen molar-refractivity contribution < 1.29 is 31.4 Å². The first-order valence-electron chi connectivity index (χ1n) is 7.50. The lowest BCUT2D eigenvalue weighted by molar-refractivity contribution is -0.143. The van der Waals surface area contributed by atoms with Crippen LogP contribution in [0.4, 0.5) is 0 Å². The van der Waals surface area contributed by atoms with E-state index in [1.54, 1.807) is 13.2 Å². The van der Waals surface area contributed by atoms with E-state index >= 15 is 0 Å². The van der Waals surface area contributed by atoms with Gasteiger partial charge in [-0.25, -0.2) is 4.79 Å². The molecule has 1 aromatic rings. The summed E-state index contributed by atoms with van der Waals surface area (Å²) in [6.07, 6.45) is 3.06. The second-order valence-corrected chi connectivity index (χ2v) is 5.27. The third-order valence-electron chi connectivity index (χ3n) is 3.46. The average molecular weight is 341 g/mol. The van der Waals surface area contributed by atoms with Gasteiger partial charge in [0.25, 0.3) is 0 Å². The van der Waals surface area contributed by atoms with E-state index in [0.717, 1.165) is 44.2 Å². The molecule has 0 radical (unpaired) electrons. The summed E-state index contributed by atoms with van der Waals surface area (Å²) in [7, 11) is 1.62. The Kier molecular flexibility index (Phi) is 8.69. The maximum atomic E-state index is 11.8. The van der Waals surface area contributed by atoms with Crippen LogP contribution in [-0.4, -0.2) is 56.9 Å². The Balaban J connectivity index is 0.00000264. The number of rotatable bonds is 6. The molecule has 0 spiro atoms. The van der Waals surface area contributed by atoms with Crippen LogP contribution in [0, 0.1) is 0 Å². The van der Waals surface area contributed by atoms with E-state index < -0.39 is 0 Å². The fourth-order valence-electron chi connectivity index (χ4n) is 2.30. The first-order chi connectivity index (χ1) is 10.7. The van der Waals surface area contributed by atoms with E-state index in [9.17, 15) is 4.79 Å². The van der Waals surface area contributed by atoms with Gasteiger partial charge in [-0.2, -0.15) is 0 Å². The number of nitrogens with zero attached hydrogens (tertiary/aromatic N) is 1. The summed E-state index contributed by atoms with van der Waals surface area (Å²) >= 11 is 0. The Morgan fingerprint density at radius 1 is 1.30 bits per heavy atom. The monoisotopic (exact) mass is 340 g/mol. The van der Waals surface area contributed by atoms with Gasteiger partial charge in [-0.15, -0.1) is 0 Å². The van der Waals surface area contributed by atoms with Gasteiger partial charge in [0.05, 0.1) is 20.3 Å². The van der Waals surface area contributed by atoms with E-state index in [0.29, 0.717) is 0 Å². The molecule has 0 bridgehead atoms. The van der Waals surface area contributed by atoms with Crippen molar-refractivity contribution in [1.29, 1.82) is 0 Å². The van der Waals surface area contributed by atoms with Crippen molar-refractivity contribution in [2.24, 2.45) is 0 Å². The third kappa shape index (κ3) is 7.03. The van der Waals surface area contributed by atoms with Gasteiger partial charge in [-0.05, 0) is 30.7 Å². The number of hydrogen-bond donors (Lipinski definition) is 0. The normalized spacial score (nSPS) is 16.6. The zero-order valence-electron chi connectivity index (χ0n) is 13.5. The lowest BCUT2D eigenvalue weighted by atomic mass is 10.2. The van der Waals surface area contributed by atoms with E-state index in [1.807, 2.05) is 31.2 Å². The number of hydrogen-bond acceptors (Lipinski definition) is 5. The van der Waals surface area contributed by atoms with Crippen LogP contribution < -0.4 is 17.1 Å². The van der Waals surface area contributed by atoms with Gasteiger partial charge in [0.1, 0.15) is 11.9 Å². The zero-order chi connectivity index (χ0) is 15.8. The molecule has 0 aromatic heterocycles. The summed E-state index contributed by atoms with van der Waals surface area (Å²) in [5, 5.41) is 0. The van der Waals surface area contributed by atoms with Crippen LogP contribution in [0.15, 0.2) is 30.3 Å². The summed E-state index contributed by atoms with van der Waals surface area (Å²) in [5.74, 6) is 0.468. The number of ether oxygens (including phenoxy) is 3. The predicted octanol–water partition coefficient (Wildman–Crippen LogP) is -1.02. The Morgan fingerprint density at radius 2 is 1.96 bits per heavy atom. The van der Waals surface area contributed by atoms with Gasteiger partial charge in [0.2, 0.25) is 0 Å². The molecule has 5 nitrogen and oxygen atoms in total. The Bertz CT molecular complexity index is 498. The maximum Gasteiger partial charge on any atom is 0.331 e. The summed E-state index contributed by atoms with van der Waals surface area (Å²) in [5.41, 5.74) is 0.929. The van der Waals surface area contributed by atoms with Gasteiger partial charge in [-0.3, -0.25) is 4.90 Å². The molecule has 1 heterocycles. The van der Waals surface area contributed by atoms with E-state index in [1.165, 1.54) is 6.08 Å². The van der Waals surface area contributed by atoms with Crippen molar-refractivity contribution >= 4 is 12.0 Å². The van der Waals surface area contributed by atoms with Gasteiger partial charge in [-0.1, -0.05) is 12.1 Å². The first kappa shape index (κ1) is 19.5. The number of halogens is 1. The average Bonchev–Trinajstić information content (AvgIpc) is 2.54. The minimum atomic E-state index is -0.323. The smallest absolute Gasteiger partial charge is 0.331 e. The van der Waals surface area contributed by atoms with Crippen molar-refractivity contribution in [3.05, 3.63) is 35.9 Å². The molecule has 1 aromatic carbocycles. The highest BCUT2D eigenvalue weighted by Crippen LogP contribution is 2.12. The Hall–Kier alpha value is -1.56. The molecular weight excluding hydrogens is 318 g/mol. The fraction of sp³-hybridized carbons (Fsp3) is 0.471. The fourth-order valence-corrected chi connectivity index (χ4v) is 2.30. The number of benzene rings is 1. The van der Waals surface area contributed by atoms with Crippen LogP contribution >= 0.6 is 0 Å². The van der Waals surface area contributed by atoms with E-state index in [-0.39, 0.29) is 24.5 Å². The molecule has 1 aliphatic heterocycles. The van der Waals surface area contributed by atoms with Gasteiger partial charge >= 0.3 is 5.97 Å². The number of methoxy groups -OCH3 is 1. The van der Waals surface area contributed by atoms with Gasteiger partial charge in [0, 0.05) is 25.7 Å². The van der Waals surface area contributed by atoms with Crippen LogP contribution in [-0.2, 0) is 14.3 Å². The van der Waals surface area contributed by atoms with E-state index in [4.69, 9.17) is 14.2 Å². The minimum Gasteiger partial charge on any atom is -1.00 e. The lowest BCUT2D eigenvalue weighted by Crippen LogP contribution is -3.00. The summed E-state index contributed by atoms with van der Waals surface area (Å²) in [6, 6.07) is 7.48. The number of esters is 1. The second-order valence-electron chi connectivity index (χ2n) is 5.27. The molecule has 0 N–H and O–H groups in total. The highest BCUT2D eigenvalue weighted by molar-refractivity contribution is 5.87. The molecule has 1 atom stereocenters. The highest BCUT2D eigenvalue weighted by atomic mass is 35.5. The Labute approximate surface area is 143 Å². The molecule has 1 saturated heterocycles. The molecule has 1 aliphatic rings. The maximum absolute atomic E-state index is 11.8. The second kappa shape index (κ2) is 10.3. The molecule has 1 unspecified atom stereocenters. The van der Waals surface area contributed by atoms with Crippen LogP contribution in [0.5, 0.6) is 5.75 Å². The summed E-state index contributed by atoms with van der Waals surface area (Å²) in [4.78, 5) is 14.1. The predicted molar refractivity (Wildman–Crippen MR) is 84.8 cm³/mol. The summed E-state index contributed by atoms with van der Waals surface area (Å²) in [6.45, 7) is 5.93. The van der Waals surface area contributed by atoms with Crippen LogP contribution in [0.25, 0.3) is 6.08 Å². The van der Waals surface area contributed by atoms with Crippen LogP contribution in [0.1, 0.15) is 12.5 Å². The molecule has 0 aliphatic carbocycles. The molecule has 23 heavy (non-hydrogen) atoms.